The molecule has 0 amide bonds. The molecule has 2 aliphatic carbocycles. The molecule has 0 bridgehead atoms. The monoisotopic (exact) mass is 348 g/mol. The number of hydrogen-bond acceptors (Lipinski definition) is 5. The largest absolute Gasteiger partial charge is 0.472 e. The van der Waals surface area contributed by atoms with Crippen molar-refractivity contribution in [1.82, 2.24) is 0 Å². The van der Waals surface area contributed by atoms with Gasteiger partial charge in [-0.25, -0.2) is 0 Å². The van der Waals surface area contributed by atoms with Gasteiger partial charge in [-0.3, -0.25) is 4.79 Å². The normalized spacial score (nSPS) is 46.0. The topological polar surface area (TPSA) is 79.9 Å². The van der Waals surface area contributed by atoms with Crippen LogP contribution in [0.15, 0.2) is 23.0 Å². The molecule has 2 saturated carbocycles. The predicted octanol–water partition coefficient (Wildman–Crippen LogP) is 3.21. The summed E-state index contributed by atoms with van der Waals surface area (Å²) in [4.78, 5) is 13.1. The molecule has 1 aromatic heterocycles. The second-order valence-corrected chi connectivity index (χ2v) is 8.93. The number of esters is 1. The minimum Gasteiger partial charge on any atom is -0.472 e. The molecular formula is C20H28O5. The minimum absolute atomic E-state index is 0.146. The maximum Gasteiger partial charge on any atom is 0.313 e. The molecule has 3 fully saturated rings. The molecule has 4 rings (SSSR count). The van der Waals surface area contributed by atoms with Crippen molar-refractivity contribution >= 4 is 5.97 Å². The van der Waals surface area contributed by atoms with E-state index in [4.69, 9.17) is 9.15 Å². The molecular weight excluding hydrogens is 320 g/mol. The Kier molecular flexibility index (Phi) is 3.65. The molecule has 1 aliphatic heterocycles. The fourth-order valence-electron chi connectivity index (χ4n) is 5.88. The second kappa shape index (κ2) is 5.34. The molecule has 0 unspecified atom stereocenters. The summed E-state index contributed by atoms with van der Waals surface area (Å²) < 4.78 is 11.0. The van der Waals surface area contributed by atoms with Gasteiger partial charge >= 0.3 is 5.97 Å². The van der Waals surface area contributed by atoms with Crippen LogP contribution < -0.4 is 0 Å². The highest BCUT2D eigenvalue weighted by molar-refractivity contribution is 5.80. The summed E-state index contributed by atoms with van der Waals surface area (Å²) in [6, 6.07) is 1.84. The molecule has 1 aromatic rings. The molecule has 1 saturated heterocycles. The molecule has 5 nitrogen and oxygen atoms in total. The second-order valence-electron chi connectivity index (χ2n) is 8.93. The van der Waals surface area contributed by atoms with Gasteiger partial charge in [0.05, 0.1) is 29.6 Å². The zero-order valence-corrected chi connectivity index (χ0v) is 15.2. The maximum absolute atomic E-state index is 13.1. The van der Waals surface area contributed by atoms with Crippen LogP contribution in [0.5, 0.6) is 0 Å². The van der Waals surface area contributed by atoms with Crippen molar-refractivity contribution in [2.45, 2.75) is 70.7 Å². The van der Waals surface area contributed by atoms with Crippen molar-refractivity contribution in [2.24, 2.45) is 22.7 Å². The molecule has 1 spiro atoms. The Morgan fingerprint density at radius 1 is 1.24 bits per heavy atom. The molecule has 138 valence electrons. The highest BCUT2D eigenvalue weighted by Gasteiger charge is 2.69. The molecule has 0 radical (unpaired) electrons. The number of ether oxygens (including phenoxy) is 1. The number of aliphatic hydroxyl groups excluding tert-OH is 1. The number of cyclic esters (lactones) is 1. The third-order valence-corrected chi connectivity index (χ3v) is 7.78. The lowest BCUT2D eigenvalue weighted by Gasteiger charge is -2.61. The average Bonchev–Trinajstić information content (AvgIpc) is 3.19. The van der Waals surface area contributed by atoms with Gasteiger partial charge in [0.25, 0.3) is 0 Å². The van der Waals surface area contributed by atoms with Crippen LogP contribution in [0, 0.1) is 22.7 Å². The van der Waals surface area contributed by atoms with Crippen molar-refractivity contribution < 1.29 is 24.2 Å². The van der Waals surface area contributed by atoms with Crippen LogP contribution in [0.1, 0.15) is 64.5 Å². The first-order chi connectivity index (χ1) is 11.7. The van der Waals surface area contributed by atoms with Crippen LogP contribution in [-0.2, 0) is 9.53 Å². The zero-order valence-electron chi connectivity index (χ0n) is 15.2. The van der Waals surface area contributed by atoms with Crippen LogP contribution in [0.4, 0.5) is 0 Å². The van der Waals surface area contributed by atoms with Crippen LogP contribution in [-0.4, -0.2) is 27.9 Å². The van der Waals surface area contributed by atoms with E-state index in [1.165, 1.54) is 0 Å². The maximum atomic E-state index is 13.1. The first kappa shape index (κ1) is 17.1. The van der Waals surface area contributed by atoms with E-state index >= 15 is 0 Å². The third kappa shape index (κ3) is 2.05. The Morgan fingerprint density at radius 2 is 2.00 bits per heavy atom. The SMILES string of the molecule is C[C@@H]1CC[C@]2(O)[C@H](CC[C@@H](O)C2(C)C)[C@@]12C[C@@H](c1ccoc1)OC2=O. The summed E-state index contributed by atoms with van der Waals surface area (Å²) >= 11 is 0. The van der Waals surface area contributed by atoms with Crippen molar-refractivity contribution in [3.8, 4) is 0 Å². The van der Waals surface area contributed by atoms with Crippen LogP contribution in [0.2, 0.25) is 0 Å². The summed E-state index contributed by atoms with van der Waals surface area (Å²) in [6.45, 7) is 5.97. The van der Waals surface area contributed by atoms with Crippen molar-refractivity contribution in [2.75, 3.05) is 0 Å². The molecule has 2 heterocycles. The van der Waals surface area contributed by atoms with Gasteiger partial charge < -0.3 is 19.4 Å². The van der Waals surface area contributed by atoms with Gasteiger partial charge in [-0.2, -0.15) is 0 Å². The highest BCUT2D eigenvalue weighted by atomic mass is 16.6. The van der Waals surface area contributed by atoms with Crippen LogP contribution in [0.25, 0.3) is 0 Å². The summed E-state index contributed by atoms with van der Waals surface area (Å²) in [6.07, 6.45) is 5.57. The summed E-state index contributed by atoms with van der Waals surface area (Å²) in [5.41, 5.74) is -1.51. The van der Waals surface area contributed by atoms with Crippen LogP contribution in [0.3, 0.4) is 0 Å². The third-order valence-electron chi connectivity index (χ3n) is 7.78. The van der Waals surface area contributed by atoms with E-state index < -0.39 is 22.5 Å². The van der Waals surface area contributed by atoms with Gasteiger partial charge in [0.1, 0.15) is 6.10 Å². The van der Waals surface area contributed by atoms with E-state index in [-0.39, 0.29) is 23.9 Å². The van der Waals surface area contributed by atoms with Gasteiger partial charge in [0.15, 0.2) is 0 Å². The van der Waals surface area contributed by atoms with Gasteiger partial charge in [-0.05, 0) is 37.7 Å². The number of furan rings is 1. The first-order valence-electron chi connectivity index (χ1n) is 9.37. The van der Waals surface area contributed by atoms with Crippen molar-refractivity contribution in [1.29, 1.82) is 0 Å². The molecule has 25 heavy (non-hydrogen) atoms. The quantitative estimate of drug-likeness (QED) is 0.762. The Hall–Kier alpha value is -1.33. The van der Waals surface area contributed by atoms with E-state index in [9.17, 15) is 15.0 Å². The summed E-state index contributed by atoms with van der Waals surface area (Å²) in [7, 11) is 0. The van der Waals surface area contributed by atoms with E-state index in [0.29, 0.717) is 25.7 Å². The van der Waals surface area contributed by atoms with Gasteiger partial charge in [-0.1, -0.05) is 20.8 Å². The minimum atomic E-state index is -1.05. The Balaban J connectivity index is 1.76. The zero-order chi connectivity index (χ0) is 18.0. The number of fused-ring (bicyclic) bond motifs is 2. The molecule has 0 aromatic carbocycles. The fourth-order valence-corrected chi connectivity index (χ4v) is 5.88. The summed E-state index contributed by atoms with van der Waals surface area (Å²) in [5.74, 6) is -0.235. The molecule has 3 aliphatic rings. The molecule has 2 N–H and O–H groups in total. The van der Waals surface area contributed by atoms with Gasteiger partial charge in [-0.15, -0.1) is 0 Å². The van der Waals surface area contributed by atoms with Crippen molar-refractivity contribution in [3.63, 3.8) is 0 Å². The average molecular weight is 348 g/mol. The number of hydrogen-bond donors (Lipinski definition) is 2. The van der Waals surface area contributed by atoms with E-state index in [1.807, 2.05) is 19.9 Å². The van der Waals surface area contributed by atoms with Gasteiger partial charge in [0.2, 0.25) is 0 Å². The lowest BCUT2D eigenvalue weighted by molar-refractivity contribution is -0.242. The summed E-state index contributed by atoms with van der Waals surface area (Å²) in [5, 5.41) is 22.2. The smallest absolute Gasteiger partial charge is 0.313 e. The number of carbonyl (C=O) groups is 1. The lowest BCUT2D eigenvalue weighted by Crippen LogP contribution is -2.67. The molecule has 6 atom stereocenters. The standard InChI is InChI=1S/C20H28O5/c1-12-6-8-20(23)15(4-5-16(21)18(20,2)3)19(12)10-14(25-17(19)22)13-7-9-24-11-13/h7,9,11-12,14-16,21,23H,4-6,8,10H2,1-3H3/t12-,14+,15-,16-,19-,20+/m1/s1. The van der Waals surface area contributed by atoms with Gasteiger partial charge in [0, 0.05) is 23.3 Å². The van der Waals surface area contributed by atoms with E-state index in [2.05, 4.69) is 6.92 Å². The Morgan fingerprint density at radius 3 is 2.68 bits per heavy atom. The van der Waals surface area contributed by atoms with Crippen LogP contribution >= 0.6 is 0 Å². The predicted molar refractivity (Wildman–Crippen MR) is 90.5 cm³/mol. The fraction of sp³-hybridized carbons (Fsp3) is 0.750. The Bertz CT molecular complexity index is 666. The number of rotatable bonds is 1. The first-order valence-corrected chi connectivity index (χ1v) is 9.37. The Labute approximate surface area is 148 Å². The number of carbonyl (C=O) groups excluding carboxylic acids is 1. The van der Waals surface area contributed by atoms with E-state index in [0.717, 1.165) is 12.0 Å². The molecule has 5 heteroatoms. The van der Waals surface area contributed by atoms with E-state index in [1.54, 1.807) is 12.5 Å². The number of aliphatic hydroxyl groups is 2. The highest BCUT2D eigenvalue weighted by Crippen LogP contribution is 2.65. The van der Waals surface area contributed by atoms with Crippen molar-refractivity contribution in [3.05, 3.63) is 24.2 Å². The lowest BCUT2D eigenvalue weighted by atomic mass is 9.44.